The Kier molecular flexibility index (Phi) is 19.7. The van der Waals surface area contributed by atoms with Gasteiger partial charge in [-0.2, -0.15) is 0 Å². The molecule has 0 aromatic carbocycles. The number of ether oxygens (including phenoxy) is 1. The number of aliphatic hydroxyl groups excluding tert-OH is 2. The van der Waals surface area contributed by atoms with Crippen molar-refractivity contribution in [3.8, 4) is 0 Å². The summed E-state index contributed by atoms with van der Waals surface area (Å²) in [7, 11) is 0. The molecule has 0 bridgehead atoms. The van der Waals surface area contributed by atoms with E-state index in [-0.39, 0.29) is 35.9 Å². The highest BCUT2D eigenvalue weighted by molar-refractivity contribution is 5.76. The van der Waals surface area contributed by atoms with Crippen LogP contribution in [0.15, 0.2) is 0 Å². The lowest BCUT2D eigenvalue weighted by molar-refractivity contribution is -0.134. The van der Waals surface area contributed by atoms with Gasteiger partial charge in [-0.15, -0.1) is 0 Å². The monoisotopic (exact) mass is 474 g/mol. The second-order valence-corrected chi connectivity index (χ2v) is 10.1. The van der Waals surface area contributed by atoms with Crippen molar-refractivity contribution in [3.05, 3.63) is 0 Å². The summed E-state index contributed by atoms with van der Waals surface area (Å²) in [6, 6.07) is 0. The molecule has 0 aliphatic rings. The Labute approximate surface area is 203 Å². The molecule has 0 aromatic heterocycles. The molecular weight excluding hydrogens is 420 g/mol. The number of hydrogen-bond acceptors (Lipinski definition) is 5. The highest BCUT2D eigenvalue weighted by Gasteiger charge is 2.28. The fraction of sp³-hybridized carbons (Fsp3) is 0.923. The minimum absolute atomic E-state index is 0.0470. The number of rotatable bonds is 18. The minimum Gasteiger partial charge on any atom is -0.395 e. The van der Waals surface area contributed by atoms with Gasteiger partial charge >= 0.3 is 0 Å². The maximum Gasteiger partial charge on any atom is 0.222 e. The van der Waals surface area contributed by atoms with E-state index in [2.05, 4.69) is 41.5 Å². The van der Waals surface area contributed by atoms with Gasteiger partial charge in [-0.25, -0.2) is 0 Å². The van der Waals surface area contributed by atoms with Crippen LogP contribution in [0.1, 0.15) is 93.9 Å². The SMILES string of the molecule is CC.CCCCC(=O)N(CCO)CC(C)(C)COCC(C)(C)CN(CCO)C(=O)CCCC. The largest absolute Gasteiger partial charge is 0.395 e. The van der Waals surface area contributed by atoms with Crippen LogP contribution in [0, 0.1) is 10.8 Å². The molecule has 0 rings (SSSR count). The number of nitrogens with zero attached hydrogens (tertiary/aromatic N) is 2. The Morgan fingerprint density at radius 1 is 0.727 bits per heavy atom. The third-order valence-electron chi connectivity index (χ3n) is 5.16. The quantitative estimate of drug-likeness (QED) is 0.312. The predicted molar refractivity (Wildman–Crippen MR) is 136 cm³/mol. The van der Waals surface area contributed by atoms with Crippen molar-refractivity contribution >= 4 is 11.8 Å². The number of hydrogen-bond donors (Lipinski definition) is 2. The maximum absolute atomic E-state index is 12.4. The fourth-order valence-corrected chi connectivity index (χ4v) is 3.53. The van der Waals surface area contributed by atoms with E-state index in [9.17, 15) is 19.8 Å². The first kappa shape index (κ1) is 34.0. The van der Waals surface area contributed by atoms with Crippen LogP contribution in [0.4, 0.5) is 0 Å². The lowest BCUT2D eigenvalue weighted by Crippen LogP contribution is -2.44. The van der Waals surface area contributed by atoms with E-state index in [1.165, 1.54) is 0 Å². The van der Waals surface area contributed by atoms with Gasteiger partial charge < -0.3 is 24.7 Å². The van der Waals surface area contributed by atoms with Gasteiger partial charge in [0.15, 0.2) is 0 Å². The molecule has 0 saturated carbocycles. The van der Waals surface area contributed by atoms with E-state index >= 15 is 0 Å². The smallest absolute Gasteiger partial charge is 0.222 e. The molecule has 7 heteroatoms. The van der Waals surface area contributed by atoms with E-state index < -0.39 is 0 Å². The molecule has 0 aliphatic carbocycles. The van der Waals surface area contributed by atoms with Crippen molar-refractivity contribution in [2.24, 2.45) is 10.8 Å². The predicted octanol–water partition coefficient (Wildman–Crippen LogP) is 4.10. The molecule has 0 heterocycles. The van der Waals surface area contributed by atoms with Crippen LogP contribution in [0.2, 0.25) is 0 Å². The molecule has 0 fully saturated rings. The summed E-state index contributed by atoms with van der Waals surface area (Å²) < 4.78 is 6.04. The van der Waals surface area contributed by atoms with Gasteiger partial charge in [-0.05, 0) is 12.8 Å². The first-order valence-electron chi connectivity index (χ1n) is 12.9. The third kappa shape index (κ3) is 17.0. The standard InChI is InChI=1S/C24H48N2O5.C2H6/c1-7-9-11-21(29)25(13-15-27)17-23(3,4)19-31-20-24(5,6)18-26(14-16-28)22(30)12-10-8-2;1-2/h27-28H,7-20H2,1-6H3;1-2H3. The van der Waals surface area contributed by atoms with Crippen LogP contribution in [0.3, 0.4) is 0 Å². The van der Waals surface area contributed by atoms with Gasteiger partial charge in [-0.3, -0.25) is 9.59 Å². The van der Waals surface area contributed by atoms with Crippen LogP contribution in [0.25, 0.3) is 0 Å². The number of carbonyl (C=O) groups is 2. The Bertz CT molecular complexity index is 465. The summed E-state index contributed by atoms with van der Waals surface area (Å²) in [6.45, 7) is 19.0. The van der Waals surface area contributed by atoms with Crippen molar-refractivity contribution < 1.29 is 24.5 Å². The van der Waals surface area contributed by atoms with Crippen molar-refractivity contribution in [1.29, 1.82) is 0 Å². The second-order valence-electron chi connectivity index (χ2n) is 10.1. The van der Waals surface area contributed by atoms with Crippen molar-refractivity contribution in [3.63, 3.8) is 0 Å². The molecule has 2 N–H and O–H groups in total. The van der Waals surface area contributed by atoms with Gasteiger partial charge in [0.25, 0.3) is 0 Å². The average Bonchev–Trinajstić information content (AvgIpc) is 2.75. The van der Waals surface area contributed by atoms with Crippen LogP contribution in [-0.4, -0.2) is 84.4 Å². The number of aliphatic hydroxyl groups is 2. The van der Waals surface area contributed by atoms with E-state index in [1.54, 1.807) is 9.80 Å². The van der Waals surface area contributed by atoms with Gasteiger partial charge in [0.2, 0.25) is 11.8 Å². The summed E-state index contributed by atoms with van der Waals surface area (Å²) in [5.74, 6) is 0.157. The van der Waals surface area contributed by atoms with Crippen LogP contribution in [0.5, 0.6) is 0 Å². The van der Waals surface area contributed by atoms with Gasteiger partial charge in [0, 0.05) is 49.9 Å². The molecule has 0 radical (unpaired) electrons. The summed E-state index contributed by atoms with van der Waals surface area (Å²) in [5.41, 5.74) is -0.510. The number of unbranched alkanes of at least 4 members (excludes halogenated alkanes) is 2. The molecule has 0 aromatic rings. The Morgan fingerprint density at radius 3 is 1.33 bits per heavy atom. The molecule has 33 heavy (non-hydrogen) atoms. The highest BCUT2D eigenvalue weighted by atomic mass is 16.5. The summed E-state index contributed by atoms with van der Waals surface area (Å²) in [4.78, 5) is 28.4. The Morgan fingerprint density at radius 2 is 1.06 bits per heavy atom. The van der Waals surface area contributed by atoms with E-state index in [1.807, 2.05) is 13.8 Å². The molecule has 2 amide bonds. The Balaban J connectivity index is 0. The Hall–Kier alpha value is -1.18. The summed E-state index contributed by atoms with van der Waals surface area (Å²) in [5, 5.41) is 18.7. The van der Waals surface area contributed by atoms with Crippen molar-refractivity contribution in [2.75, 3.05) is 52.6 Å². The molecule has 198 valence electrons. The maximum atomic E-state index is 12.4. The van der Waals surface area contributed by atoms with Crippen LogP contribution < -0.4 is 0 Å². The zero-order chi connectivity index (χ0) is 25.9. The van der Waals surface area contributed by atoms with Crippen molar-refractivity contribution in [2.45, 2.75) is 93.9 Å². The normalized spacial score (nSPS) is 11.6. The molecule has 0 aliphatic heterocycles. The zero-order valence-corrected chi connectivity index (χ0v) is 22.9. The van der Waals surface area contributed by atoms with Gasteiger partial charge in [-0.1, -0.05) is 68.2 Å². The third-order valence-corrected chi connectivity index (χ3v) is 5.16. The zero-order valence-electron chi connectivity index (χ0n) is 22.9. The van der Waals surface area contributed by atoms with E-state index in [0.717, 1.165) is 25.7 Å². The number of carbonyl (C=O) groups excluding carboxylic acids is 2. The van der Waals surface area contributed by atoms with Gasteiger partial charge in [0.1, 0.15) is 0 Å². The van der Waals surface area contributed by atoms with Crippen LogP contribution >= 0.6 is 0 Å². The second kappa shape index (κ2) is 19.2. The average molecular weight is 475 g/mol. The summed E-state index contributed by atoms with van der Waals surface area (Å²) >= 11 is 0. The van der Waals surface area contributed by atoms with Gasteiger partial charge in [0.05, 0.1) is 26.4 Å². The lowest BCUT2D eigenvalue weighted by atomic mass is 9.92. The highest BCUT2D eigenvalue weighted by Crippen LogP contribution is 2.23. The molecule has 7 nitrogen and oxygen atoms in total. The van der Waals surface area contributed by atoms with E-state index in [0.29, 0.717) is 52.2 Å². The first-order chi connectivity index (χ1) is 15.5. The number of amides is 2. The molecular formula is C26H54N2O5. The minimum atomic E-state index is -0.255. The molecule has 0 unspecified atom stereocenters. The van der Waals surface area contributed by atoms with Crippen LogP contribution in [-0.2, 0) is 14.3 Å². The van der Waals surface area contributed by atoms with E-state index in [4.69, 9.17) is 4.74 Å². The van der Waals surface area contributed by atoms with Crippen molar-refractivity contribution in [1.82, 2.24) is 9.80 Å². The topological polar surface area (TPSA) is 90.3 Å². The molecule has 0 saturated heterocycles. The molecule has 0 atom stereocenters. The summed E-state index contributed by atoms with van der Waals surface area (Å²) in [6.07, 6.45) is 4.66. The first-order valence-corrected chi connectivity index (χ1v) is 12.9. The fourth-order valence-electron chi connectivity index (χ4n) is 3.53. The molecule has 0 spiro atoms. The lowest BCUT2D eigenvalue weighted by Gasteiger charge is -2.35.